The number of piperazine rings is 1. The Bertz CT molecular complexity index is 1170. The number of hydrogen-bond acceptors (Lipinski definition) is 7. The average molecular weight is 458 g/mol. The number of nitrogens with one attached hydrogen (secondary N) is 1. The SMILES string of the molecule is COc1c(F)c(F)cc(C(=O)N2CCN(c3ccc(Nc4cc(C)ccn4)nn3)CC2)c1F. The van der Waals surface area contributed by atoms with Gasteiger partial charge in [0, 0.05) is 32.4 Å². The number of rotatable bonds is 5. The third kappa shape index (κ3) is 4.66. The number of ether oxygens (including phenoxy) is 1. The van der Waals surface area contributed by atoms with Gasteiger partial charge in [-0.2, -0.15) is 4.39 Å². The summed E-state index contributed by atoms with van der Waals surface area (Å²) in [6.45, 7) is 3.27. The number of carbonyl (C=O) groups excluding carboxylic acids is 1. The van der Waals surface area contributed by atoms with Crippen LogP contribution < -0.4 is 15.0 Å². The summed E-state index contributed by atoms with van der Waals surface area (Å²) in [4.78, 5) is 20.2. The zero-order valence-corrected chi connectivity index (χ0v) is 18.0. The van der Waals surface area contributed by atoms with Crippen LogP contribution in [0.2, 0.25) is 0 Å². The third-order valence-corrected chi connectivity index (χ3v) is 5.26. The van der Waals surface area contributed by atoms with Gasteiger partial charge in [-0.05, 0) is 42.8 Å². The molecule has 8 nitrogen and oxygen atoms in total. The fraction of sp³-hybridized carbons (Fsp3) is 0.273. The molecule has 1 saturated heterocycles. The Morgan fingerprint density at radius 3 is 2.39 bits per heavy atom. The van der Waals surface area contributed by atoms with Gasteiger partial charge < -0.3 is 19.9 Å². The number of pyridine rings is 1. The zero-order chi connectivity index (χ0) is 23.5. The summed E-state index contributed by atoms with van der Waals surface area (Å²) >= 11 is 0. The van der Waals surface area contributed by atoms with E-state index in [4.69, 9.17) is 0 Å². The molecule has 4 rings (SSSR count). The second-order valence-electron chi connectivity index (χ2n) is 7.47. The molecule has 1 aliphatic heterocycles. The highest BCUT2D eigenvalue weighted by Crippen LogP contribution is 2.28. The van der Waals surface area contributed by atoms with Gasteiger partial charge in [-0.3, -0.25) is 4.79 Å². The third-order valence-electron chi connectivity index (χ3n) is 5.26. The van der Waals surface area contributed by atoms with E-state index >= 15 is 0 Å². The number of benzene rings is 1. The van der Waals surface area contributed by atoms with Crippen LogP contribution in [0.5, 0.6) is 5.75 Å². The first-order valence-corrected chi connectivity index (χ1v) is 10.2. The molecule has 0 unspecified atom stereocenters. The first-order valence-electron chi connectivity index (χ1n) is 10.2. The topological polar surface area (TPSA) is 83.5 Å². The molecule has 1 N–H and O–H groups in total. The number of anilines is 3. The fourth-order valence-corrected chi connectivity index (χ4v) is 3.52. The number of methoxy groups -OCH3 is 1. The lowest BCUT2D eigenvalue weighted by Gasteiger charge is -2.35. The maximum atomic E-state index is 14.5. The van der Waals surface area contributed by atoms with E-state index in [9.17, 15) is 18.0 Å². The van der Waals surface area contributed by atoms with Gasteiger partial charge in [-0.1, -0.05) is 0 Å². The van der Waals surface area contributed by atoms with Gasteiger partial charge in [-0.15, -0.1) is 10.2 Å². The lowest BCUT2D eigenvalue weighted by atomic mass is 10.1. The zero-order valence-electron chi connectivity index (χ0n) is 18.0. The van der Waals surface area contributed by atoms with Crippen molar-refractivity contribution in [3.05, 3.63) is 65.1 Å². The van der Waals surface area contributed by atoms with Crippen molar-refractivity contribution in [3.8, 4) is 5.75 Å². The molecule has 172 valence electrons. The number of aromatic nitrogens is 3. The molecule has 1 aromatic carbocycles. The normalized spacial score (nSPS) is 13.7. The van der Waals surface area contributed by atoms with Crippen LogP contribution in [0.25, 0.3) is 0 Å². The maximum absolute atomic E-state index is 14.5. The van der Waals surface area contributed by atoms with Crippen LogP contribution in [0.1, 0.15) is 15.9 Å². The first-order chi connectivity index (χ1) is 15.9. The molecular formula is C22H21F3N6O2. The van der Waals surface area contributed by atoms with Crippen molar-refractivity contribution in [1.29, 1.82) is 0 Å². The molecule has 0 spiro atoms. The molecule has 33 heavy (non-hydrogen) atoms. The van der Waals surface area contributed by atoms with E-state index in [1.54, 1.807) is 18.3 Å². The minimum absolute atomic E-state index is 0.245. The molecule has 1 amide bonds. The smallest absolute Gasteiger partial charge is 0.257 e. The molecule has 2 aromatic heterocycles. The number of carbonyl (C=O) groups is 1. The van der Waals surface area contributed by atoms with Gasteiger partial charge in [0.1, 0.15) is 5.82 Å². The summed E-state index contributed by atoms with van der Waals surface area (Å²) in [6.07, 6.45) is 1.70. The van der Waals surface area contributed by atoms with Gasteiger partial charge in [-0.25, -0.2) is 13.8 Å². The summed E-state index contributed by atoms with van der Waals surface area (Å²) < 4.78 is 46.5. The van der Waals surface area contributed by atoms with Crippen LogP contribution in [-0.4, -0.2) is 59.3 Å². The predicted octanol–water partition coefficient (Wildman–Crippen LogP) is 3.31. The minimum Gasteiger partial charge on any atom is -0.491 e. The molecule has 1 fully saturated rings. The first kappa shape index (κ1) is 22.3. The number of halogens is 3. The van der Waals surface area contributed by atoms with Crippen molar-refractivity contribution in [3.63, 3.8) is 0 Å². The maximum Gasteiger partial charge on any atom is 0.257 e. The summed E-state index contributed by atoms with van der Waals surface area (Å²) in [7, 11) is 1.01. The molecule has 0 aliphatic carbocycles. The standard InChI is InChI=1S/C22H21F3N6O2/c1-13-5-6-26-17(11-13)27-16-3-4-18(29-28-16)30-7-9-31(10-8-30)22(32)14-12-15(23)20(25)21(33-2)19(14)24/h3-6,11-12H,7-10H2,1-2H3,(H,26,27,28). The van der Waals surface area contributed by atoms with E-state index in [1.807, 2.05) is 24.0 Å². The van der Waals surface area contributed by atoms with Crippen molar-refractivity contribution < 1.29 is 22.7 Å². The second-order valence-corrected chi connectivity index (χ2v) is 7.47. The highest BCUT2D eigenvalue weighted by Gasteiger charge is 2.29. The van der Waals surface area contributed by atoms with Gasteiger partial charge in [0.05, 0.1) is 12.7 Å². The Kier molecular flexibility index (Phi) is 6.29. The van der Waals surface area contributed by atoms with Crippen molar-refractivity contribution in [1.82, 2.24) is 20.1 Å². The molecule has 0 radical (unpaired) electrons. The molecule has 0 bridgehead atoms. The number of hydrogen-bond donors (Lipinski definition) is 1. The number of aryl methyl sites for hydroxylation is 1. The van der Waals surface area contributed by atoms with Crippen molar-refractivity contribution >= 4 is 23.4 Å². The minimum atomic E-state index is -1.47. The highest BCUT2D eigenvalue weighted by atomic mass is 19.2. The fourth-order valence-electron chi connectivity index (χ4n) is 3.52. The summed E-state index contributed by atoms with van der Waals surface area (Å²) in [5.41, 5.74) is 0.491. The van der Waals surface area contributed by atoms with E-state index in [0.29, 0.717) is 36.6 Å². The van der Waals surface area contributed by atoms with Crippen molar-refractivity contribution in [2.24, 2.45) is 0 Å². The predicted molar refractivity (Wildman–Crippen MR) is 115 cm³/mol. The monoisotopic (exact) mass is 458 g/mol. The summed E-state index contributed by atoms with van der Waals surface area (Å²) in [5.74, 6) is -3.88. The van der Waals surface area contributed by atoms with Gasteiger partial charge in [0.25, 0.3) is 5.91 Å². The van der Waals surface area contributed by atoms with E-state index in [1.165, 1.54) is 4.90 Å². The molecule has 3 aromatic rings. The highest BCUT2D eigenvalue weighted by molar-refractivity contribution is 5.95. The summed E-state index contributed by atoms with van der Waals surface area (Å²) in [6, 6.07) is 7.90. The number of nitrogens with zero attached hydrogens (tertiary/aromatic N) is 5. The van der Waals surface area contributed by atoms with Crippen LogP contribution in [0.15, 0.2) is 36.5 Å². The Hall–Kier alpha value is -3.89. The molecule has 0 atom stereocenters. The Morgan fingerprint density at radius 2 is 1.76 bits per heavy atom. The average Bonchev–Trinajstić information content (AvgIpc) is 2.82. The lowest BCUT2D eigenvalue weighted by molar-refractivity contribution is 0.0740. The Labute approximate surface area is 188 Å². The Balaban J connectivity index is 1.40. The van der Waals surface area contributed by atoms with Gasteiger partial charge in [0.15, 0.2) is 29.0 Å². The van der Waals surface area contributed by atoms with Gasteiger partial charge >= 0.3 is 0 Å². The van der Waals surface area contributed by atoms with Crippen LogP contribution >= 0.6 is 0 Å². The van der Waals surface area contributed by atoms with Crippen LogP contribution in [0, 0.1) is 24.4 Å². The largest absolute Gasteiger partial charge is 0.491 e. The second kappa shape index (κ2) is 9.31. The quantitative estimate of drug-likeness (QED) is 0.588. The molecule has 0 saturated carbocycles. The molecular weight excluding hydrogens is 437 g/mol. The van der Waals surface area contributed by atoms with E-state index < -0.39 is 34.7 Å². The van der Waals surface area contributed by atoms with Gasteiger partial charge in [0.2, 0.25) is 5.82 Å². The van der Waals surface area contributed by atoms with E-state index in [-0.39, 0.29) is 13.1 Å². The molecule has 1 aliphatic rings. The van der Waals surface area contributed by atoms with E-state index in [2.05, 4.69) is 25.2 Å². The van der Waals surface area contributed by atoms with Crippen LogP contribution in [0.4, 0.5) is 30.6 Å². The van der Waals surface area contributed by atoms with Crippen molar-refractivity contribution in [2.45, 2.75) is 6.92 Å². The van der Waals surface area contributed by atoms with Crippen molar-refractivity contribution in [2.75, 3.05) is 43.5 Å². The molecule has 3 heterocycles. The lowest BCUT2D eigenvalue weighted by Crippen LogP contribution is -2.49. The summed E-state index contributed by atoms with van der Waals surface area (Å²) in [5, 5.41) is 11.5. The van der Waals surface area contributed by atoms with Crippen LogP contribution in [0.3, 0.4) is 0 Å². The Morgan fingerprint density at radius 1 is 1.00 bits per heavy atom. The number of amides is 1. The van der Waals surface area contributed by atoms with Crippen LogP contribution in [-0.2, 0) is 0 Å². The molecule has 11 heteroatoms. The van der Waals surface area contributed by atoms with E-state index in [0.717, 1.165) is 12.7 Å².